The van der Waals surface area contributed by atoms with Gasteiger partial charge < -0.3 is 25.7 Å². The van der Waals surface area contributed by atoms with Crippen molar-refractivity contribution in [1.82, 2.24) is 0 Å². The third kappa shape index (κ3) is 3.50. The van der Waals surface area contributed by atoms with E-state index in [1.165, 1.54) is 27.5 Å². The summed E-state index contributed by atoms with van der Waals surface area (Å²) < 4.78 is 16.5. The molecule has 0 atom stereocenters. The second-order valence-corrected chi connectivity index (χ2v) is 4.17. The number of guanidine groups is 1. The zero-order valence-corrected chi connectivity index (χ0v) is 12.4. The molecule has 8 heteroatoms. The van der Waals surface area contributed by atoms with Crippen LogP contribution in [0.5, 0.6) is 17.2 Å². The topological polar surface area (TPSA) is 104 Å². The first-order valence-electron chi connectivity index (χ1n) is 5.15. The first-order valence-corrected chi connectivity index (χ1v) is 5.94. The fourth-order valence-electron chi connectivity index (χ4n) is 1.45. The van der Waals surface area contributed by atoms with Gasteiger partial charge in [-0.3, -0.25) is 0 Å². The van der Waals surface area contributed by atoms with Crippen molar-refractivity contribution in [2.24, 2.45) is 21.7 Å². The van der Waals surface area contributed by atoms with Crippen LogP contribution in [0.1, 0.15) is 5.56 Å². The minimum atomic E-state index is -0.130. The van der Waals surface area contributed by atoms with Crippen molar-refractivity contribution in [3.05, 3.63) is 16.1 Å². The molecule has 19 heavy (non-hydrogen) atoms. The number of nitrogens with two attached hydrogens (primary N) is 2. The van der Waals surface area contributed by atoms with Gasteiger partial charge in [0, 0.05) is 5.56 Å². The van der Waals surface area contributed by atoms with E-state index in [9.17, 15) is 0 Å². The Balaban J connectivity index is 3.36. The van der Waals surface area contributed by atoms with Gasteiger partial charge >= 0.3 is 0 Å². The molecule has 0 aliphatic heterocycles. The van der Waals surface area contributed by atoms with Gasteiger partial charge in [-0.1, -0.05) is 0 Å². The van der Waals surface area contributed by atoms with E-state index in [-0.39, 0.29) is 5.96 Å². The molecule has 1 aromatic carbocycles. The minimum absolute atomic E-state index is 0.130. The average molecular weight is 331 g/mol. The fraction of sp³-hybridized carbons (Fsp3) is 0.273. The highest BCUT2D eigenvalue weighted by Gasteiger charge is 2.18. The Kier molecular flexibility index (Phi) is 5.43. The predicted molar refractivity (Wildman–Crippen MR) is 77.2 cm³/mol. The summed E-state index contributed by atoms with van der Waals surface area (Å²) in [6.07, 6.45) is 1.45. The van der Waals surface area contributed by atoms with E-state index in [1.807, 2.05) is 0 Å². The molecule has 0 radical (unpaired) electrons. The molecule has 0 amide bonds. The zero-order chi connectivity index (χ0) is 14.4. The van der Waals surface area contributed by atoms with Crippen LogP contribution in [0, 0.1) is 0 Å². The molecule has 0 aromatic heterocycles. The summed E-state index contributed by atoms with van der Waals surface area (Å²) in [5.41, 5.74) is 11.0. The number of benzene rings is 1. The summed E-state index contributed by atoms with van der Waals surface area (Å²) in [6, 6.07) is 1.76. The maximum atomic E-state index is 5.29. The van der Waals surface area contributed by atoms with Crippen LogP contribution < -0.4 is 25.7 Å². The van der Waals surface area contributed by atoms with Crippen molar-refractivity contribution in [2.75, 3.05) is 21.3 Å². The van der Waals surface area contributed by atoms with E-state index in [1.54, 1.807) is 6.07 Å². The molecule has 0 spiro atoms. The van der Waals surface area contributed by atoms with Crippen LogP contribution in [0.25, 0.3) is 0 Å². The lowest BCUT2D eigenvalue weighted by Gasteiger charge is -2.15. The molecular formula is C11H15BrN4O3. The quantitative estimate of drug-likeness (QED) is 0.477. The van der Waals surface area contributed by atoms with Crippen LogP contribution in [0.3, 0.4) is 0 Å². The highest BCUT2D eigenvalue weighted by molar-refractivity contribution is 9.10. The lowest BCUT2D eigenvalue weighted by atomic mass is 10.2. The standard InChI is InChI=1S/C11H15BrN4O3/c1-17-8-6(5-15-16-11(13)14)4-7(12)9(18-2)10(8)19-3/h4-5H,1-3H3,(H4,13,14,16). The van der Waals surface area contributed by atoms with Gasteiger partial charge in [0.2, 0.25) is 11.7 Å². The van der Waals surface area contributed by atoms with E-state index in [4.69, 9.17) is 25.7 Å². The largest absolute Gasteiger partial charge is 0.492 e. The van der Waals surface area contributed by atoms with Gasteiger partial charge in [-0.25, -0.2) is 0 Å². The number of methoxy groups -OCH3 is 3. The summed E-state index contributed by atoms with van der Waals surface area (Å²) in [5, 5.41) is 7.26. The Bertz CT molecular complexity index is 513. The van der Waals surface area contributed by atoms with Gasteiger partial charge in [0.15, 0.2) is 11.5 Å². The number of halogens is 1. The van der Waals surface area contributed by atoms with Gasteiger partial charge in [0.05, 0.1) is 32.0 Å². The Hall–Kier alpha value is -1.96. The van der Waals surface area contributed by atoms with E-state index in [2.05, 4.69) is 26.1 Å². The maximum absolute atomic E-state index is 5.29. The normalized spacial score (nSPS) is 10.3. The summed E-state index contributed by atoms with van der Waals surface area (Å²) in [7, 11) is 4.57. The lowest BCUT2D eigenvalue weighted by molar-refractivity contribution is 0.323. The molecule has 0 aliphatic rings. The van der Waals surface area contributed by atoms with E-state index in [0.717, 1.165) is 0 Å². The zero-order valence-electron chi connectivity index (χ0n) is 10.8. The van der Waals surface area contributed by atoms with E-state index >= 15 is 0 Å². The summed E-state index contributed by atoms with van der Waals surface area (Å²) in [5.74, 6) is 1.32. The summed E-state index contributed by atoms with van der Waals surface area (Å²) >= 11 is 3.38. The number of ether oxygens (including phenoxy) is 3. The van der Waals surface area contributed by atoms with Crippen LogP contribution in [0.4, 0.5) is 0 Å². The Labute approximate surface area is 119 Å². The Morgan fingerprint density at radius 1 is 1.11 bits per heavy atom. The van der Waals surface area contributed by atoms with Gasteiger partial charge in [0.25, 0.3) is 0 Å². The number of hydrogen-bond acceptors (Lipinski definition) is 5. The molecule has 0 bridgehead atoms. The highest BCUT2D eigenvalue weighted by atomic mass is 79.9. The molecule has 104 valence electrons. The van der Waals surface area contributed by atoms with E-state index in [0.29, 0.717) is 27.3 Å². The smallest absolute Gasteiger partial charge is 0.211 e. The molecule has 0 fully saturated rings. The molecule has 7 nitrogen and oxygen atoms in total. The highest BCUT2D eigenvalue weighted by Crippen LogP contribution is 2.44. The maximum Gasteiger partial charge on any atom is 0.211 e. The first-order chi connectivity index (χ1) is 9.04. The van der Waals surface area contributed by atoms with Gasteiger partial charge in [-0.15, -0.1) is 5.10 Å². The first kappa shape index (κ1) is 15.1. The third-order valence-corrected chi connectivity index (χ3v) is 2.75. The van der Waals surface area contributed by atoms with Gasteiger partial charge in [0.1, 0.15) is 0 Å². The van der Waals surface area contributed by atoms with Crippen molar-refractivity contribution in [1.29, 1.82) is 0 Å². The number of nitrogens with zero attached hydrogens (tertiary/aromatic N) is 2. The average Bonchev–Trinajstić information content (AvgIpc) is 2.37. The monoisotopic (exact) mass is 330 g/mol. The van der Waals surface area contributed by atoms with Crippen molar-refractivity contribution in [3.63, 3.8) is 0 Å². The second kappa shape index (κ2) is 6.83. The molecule has 0 saturated heterocycles. The van der Waals surface area contributed by atoms with Crippen LogP contribution in [0.2, 0.25) is 0 Å². The van der Waals surface area contributed by atoms with Crippen molar-refractivity contribution in [3.8, 4) is 17.2 Å². The molecule has 0 heterocycles. The minimum Gasteiger partial charge on any atom is -0.492 e. The second-order valence-electron chi connectivity index (χ2n) is 3.32. The molecule has 0 saturated carbocycles. The Morgan fingerprint density at radius 3 is 2.16 bits per heavy atom. The Morgan fingerprint density at radius 2 is 1.68 bits per heavy atom. The van der Waals surface area contributed by atoms with Crippen molar-refractivity contribution >= 4 is 28.1 Å². The SMILES string of the molecule is COc1c(Br)cc(C=NN=C(N)N)c(OC)c1OC. The van der Waals surface area contributed by atoms with Crippen molar-refractivity contribution in [2.45, 2.75) is 0 Å². The number of hydrogen-bond donors (Lipinski definition) is 2. The predicted octanol–water partition coefficient (Wildman–Crippen LogP) is 1.08. The molecule has 4 N–H and O–H groups in total. The van der Waals surface area contributed by atoms with Gasteiger partial charge in [-0.2, -0.15) is 5.10 Å². The molecule has 1 rings (SSSR count). The molecule has 1 aromatic rings. The molecular weight excluding hydrogens is 316 g/mol. The summed E-state index contributed by atoms with van der Waals surface area (Å²) in [6.45, 7) is 0. The lowest BCUT2D eigenvalue weighted by Crippen LogP contribution is -2.21. The third-order valence-electron chi connectivity index (χ3n) is 2.16. The van der Waals surface area contributed by atoms with Crippen LogP contribution in [-0.4, -0.2) is 33.5 Å². The molecule has 0 aliphatic carbocycles. The summed E-state index contributed by atoms with van der Waals surface area (Å²) in [4.78, 5) is 0. The molecule has 0 unspecified atom stereocenters. The van der Waals surface area contributed by atoms with Crippen LogP contribution in [0.15, 0.2) is 20.7 Å². The van der Waals surface area contributed by atoms with Crippen LogP contribution >= 0.6 is 15.9 Å². The number of rotatable bonds is 5. The fourth-order valence-corrected chi connectivity index (χ4v) is 2.04. The van der Waals surface area contributed by atoms with Gasteiger partial charge in [-0.05, 0) is 22.0 Å². The van der Waals surface area contributed by atoms with Crippen molar-refractivity contribution < 1.29 is 14.2 Å². The van der Waals surface area contributed by atoms with Crippen LogP contribution in [-0.2, 0) is 0 Å². The van der Waals surface area contributed by atoms with E-state index < -0.39 is 0 Å².